The quantitative estimate of drug-likeness (QED) is 0.841. The van der Waals surface area contributed by atoms with Gasteiger partial charge in [0.25, 0.3) is 0 Å². The van der Waals surface area contributed by atoms with Crippen LogP contribution in [0.3, 0.4) is 0 Å². The highest BCUT2D eigenvalue weighted by atomic mass is 32.2. The van der Waals surface area contributed by atoms with Crippen LogP contribution >= 0.6 is 0 Å². The first-order valence-corrected chi connectivity index (χ1v) is 10.6. The van der Waals surface area contributed by atoms with E-state index in [1.54, 1.807) is 4.90 Å². The molecule has 130 valence electrons. The highest BCUT2D eigenvalue weighted by Gasteiger charge is 2.54. The van der Waals surface area contributed by atoms with Gasteiger partial charge in [-0.3, -0.25) is 0 Å². The molecule has 1 heterocycles. The molecule has 0 spiro atoms. The summed E-state index contributed by atoms with van der Waals surface area (Å²) in [4.78, 5) is 14.3. The molecule has 1 saturated carbocycles. The van der Waals surface area contributed by atoms with Gasteiger partial charge in [0.15, 0.2) is 9.84 Å². The number of nitrogens with zero attached hydrogens (tertiary/aromatic N) is 1. The first kappa shape index (κ1) is 15.9. The maximum Gasteiger partial charge on any atom is 0.317 e. The third-order valence-corrected chi connectivity index (χ3v) is 7.53. The van der Waals surface area contributed by atoms with Crippen LogP contribution in [0.5, 0.6) is 0 Å². The molecule has 0 bridgehead atoms. The van der Waals surface area contributed by atoms with Crippen LogP contribution in [-0.2, 0) is 16.3 Å². The van der Waals surface area contributed by atoms with Gasteiger partial charge in [-0.25, -0.2) is 13.2 Å². The van der Waals surface area contributed by atoms with Gasteiger partial charge in [0.2, 0.25) is 0 Å². The Bertz CT molecular complexity index is 761. The number of amides is 2. The molecule has 24 heavy (non-hydrogen) atoms. The van der Waals surface area contributed by atoms with Crippen molar-refractivity contribution in [2.45, 2.75) is 31.7 Å². The monoisotopic (exact) mass is 348 g/mol. The summed E-state index contributed by atoms with van der Waals surface area (Å²) in [5.41, 5.74) is 2.79. The molecule has 4 rings (SSSR count). The van der Waals surface area contributed by atoms with Gasteiger partial charge in [-0.1, -0.05) is 31.2 Å². The van der Waals surface area contributed by atoms with Crippen molar-refractivity contribution < 1.29 is 13.2 Å². The number of hydrogen-bond donors (Lipinski definition) is 1. The van der Waals surface area contributed by atoms with Crippen molar-refractivity contribution in [2.75, 3.05) is 24.6 Å². The van der Waals surface area contributed by atoms with E-state index in [0.717, 1.165) is 12.8 Å². The number of aryl methyl sites for hydroxylation is 1. The van der Waals surface area contributed by atoms with Crippen LogP contribution in [0.15, 0.2) is 24.3 Å². The third-order valence-electron chi connectivity index (χ3n) is 5.65. The Balaban J connectivity index is 1.43. The summed E-state index contributed by atoms with van der Waals surface area (Å²) in [6, 6.07) is 8.61. The van der Waals surface area contributed by atoms with E-state index in [9.17, 15) is 13.2 Å². The maximum atomic E-state index is 12.6. The van der Waals surface area contributed by atoms with E-state index in [1.165, 1.54) is 11.1 Å². The number of nitrogens with one attached hydrogen (secondary N) is 1. The molecule has 4 atom stereocenters. The van der Waals surface area contributed by atoms with E-state index in [0.29, 0.717) is 24.9 Å². The summed E-state index contributed by atoms with van der Waals surface area (Å²) < 4.78 is 23.7. The average molecular weight is 348 g/mol. The molecule has 2 fully saturated rings. The Kier molecular flexibility index (Phi) is 3.82. The molecule has 1 aromatic carbocycles. The lowest BCUT2D eigenvalue weighted by molar-refractivity contribution is 0.195. The van der Waals surface area contributed by atoms with Crippen LogP contribution in [0.4, 0.5) is 4.79 Å². The molecular weight excluding hydrogens is 324 g/mol. The molecule has 5 nitrogen and oxygen atoms in total. The van der Waals surface area contributed by atoms with Gasteiger partial charge in [-0.15, -0.1) is 0 Å². The number of fused-ring (bicyclic) bond motifs is 3. The van der Waals surface area contributed by atoms with Crippen molar-refractivity contribution in [1.29, 1.82) is 0 Å². The van der Waals surface area contributed by atoms with E-state index in [1.807, 2.05) is 6.92 Å². The second-order valence-electron chi connectivity index (χ2n) is 7.57. The van der Waals surface area contributed by atoms with Gasteiger partial charge in [0, 0.05) is 25.0 Å². The summed E-state index contributed by atoms with van der Waals surface area (Å²) in [6.07, 6.45) is 2.21. The van der Waals surface area contributed by atoms with Crippen LogP contribution < -0.4 is 5.32 Å². The molecular formula is C18H24N2O3S. The van der Waals surface area contributed by atoms with E-state index in [-0.39, 0.29) is 29.5 Å². The minimum atomic E-state index is -3.03. The van der Waals surface area contributed by atoms with E-state index in [2.05, 4.69) is 29.6 Å². The highest BCUT2D eigenvalue weighted by Crippen LogP contribution is 2.54. The van der Waals surface area contributed by atoms with Gasteiger partial charge in [-0.2, -0.15) is 0 Å². The Morgan fingerprint density at radius 2 is 2.08 bits per heavy atom. The van der Waals surface area contributed by atoms with Crippen LogP contribution in [-0.4, -0.2) is 50.0 Å². The third kappa shape index (κ3) is 2.92. The fourth-order valence-electron chi connectivity index (χ4n) is 4.47. The molecule has 3 aliphatic rings. The summed E-state index contributed by atoms with van der Waals surface area (Å²) in [6.45, 7) is 2.72. The SMILES string of the molecule is CC1CN(C(=O)NC2C3CCc4ccccc4C32)CCS(=O)(=O)C1. The van der Waals surface area contributed by atoms with Gasteiger partial charge >= 0.3 is 6.03 Å². The molecule has 2 amide bonds. The van der Waals surface area contributed by atoms with Gasteiger partial charge in [0.1, 0.15) is 0 Å². The summed E-state index contributed by atoms with van der Waals surface area (Å²) in [5, 5.41) is 3.17. The largest absolute Gasteiger partial charge is 0.334 e. The predicted molar refractivity (Wildman–Crippen MR) is 92.7 cm³/mol. The van der Waals surface area contributed by atoms with Crippen LogP contribution in [0.25, 0.3) is 0 Å². The fourth-order valence-corrected chi connectivity index (χ4v) is 6.11. The molecule has 0 radical (unpaired) electrons. The summed E-state index contributed by atoms with van der Waals surface area (Å²) >= 11 is 0. The molecule has 0 aromatic heterocycles. The predicted octanol–water partition coefficient (Wildman–Crippen LogP) is 1.79. The van der Waals surface area contributed by atoms with Crippen LogP contribution in [0.2, 0.25) is 0 Å². The van der Waals surface area contributed by atoms with Crippen molar-refractivity contribution in [2.24, 2.45) is 11.8 Å². The van der Waals surface area contributed by atoms with Crippen molar-refractivity contribution in [3.63, 3.8) is 0 Å². The van der Waals surface area contributed by atoms with Gasteiger partial charge in [0.05, 0.1) is 11.5 Å². The fraction of sp³-hybridized carbons (Fsp3) is 0.611. The Hall–Kier alpha value is -1.56. The Morgan fingerprint density at radius 1 is 1.29 bits per heavy atom. The molecule has 4 unspecified atom stereocenters. The Labute approximate surface area is 143 Å². The lowest BCUT2D eigenvalue weighted by atomic mass is 9.92. The number of urea groups is 1. The summed E-state index contributed by atoms with van der Waals surface area (Å²) in [5.74, 6) is 1.22. The lowest BCUT2D eigenvalue weighted by Gasteiger charge is -2.22. The Morgan fingerprint density at radius 3 is 2.92 bits per heavy atom. The zero-order valence-electron chi connectivity index (χ0n) is 13.9. The van der Waals surface area contributed by atoms with Crippen molar-refractivity contribution >= 4 is 15.9 Å². The van der Waals surface area contributed by atoms with Gasteiger partial charge < -0.3 is 10.2 Å². The maximum absolute atomic E-state index is 12.6. The number of rotatable bonds is 1. The molecule has 2 aliphatic carbocycles. The number of sulfone groups is 1. The average Bonchev–Trinajstić information content (AvgIpc) is 3.26. The number of benzene rings is 1. The number of carbonyl (C=O) groups excluding carboxylic acids is 1. The number of hydrogen-bond acceptors (Lipinski definition) is 3. The zero-order chi connectivity index (χ0) is 16.9. The molecule has 1 aromatic rings. The zero-order valence-corrected chi connectivity index (χ0v) is 14.8. The summed E-state index contributed by atoms with van der Waals surface area (Å²) in [7, 11) is -3.03. The smallest absolute Gasteiger partial charge is 0.317 e. The first-order valence-electron chi connectivity index (χ1n) is 8.78. The second kappa shape index (κ2) is 5.76. The number of carbonyl (C=O) groups is 1. The molecule has 6 heteroatoms. The normalized spacial score (nSPS) is 33.8. The second-order valence-corrected chi connectivity index (χ2v) is 9.80. The first-order chi connectivity index (χ1) is 11.4. The van der Waals surface area contributed by atoms with E-state index >= 15 is 0 Å². The minimum Gasteiger partial charge on any atom is -0.334 e. The van der Waals surface area contributed by atoms with Crippen molar-refractivity contribution in [1.82, 2.24) is 10.2 Å². The van der Waals surface area contributed by atoms with Crippen molar-refractivity contribution in [3.8, 4) is 0 Å². The van der Waals surface area contributed by atoms with Crippen LogP contribution in [0.1, 0.15) is 30.4 Å². The lowest BCUT2D eigenvalue weighted by Crippen LogP contribution is -2.44. The van der Waals surface area contributed by atoms with Crippen molar-refractivity contribution in [3.05, 3.63) is 35.4 Å². The molecule has 1 aliphatic heterocycles. The minimum absolute atomic E-state index is 0.00884. The molecule has 1 saturated heterocycles. The van der Waals surface area contributed by atoms with Crippen LogP contribution in [0, 0.1) is 11.8 Å². The van der Waals surface area contributed by atoms with E-state index < -0.39 is 9.84 Å². The van der Waals surface area contributed by atoms with Gasteiger partial charge in [-0.05, 0) is 35.8 Å². The van der Waals surface area contributed by atoms with E-state index in [4.69, 9.17) is 0 Å². The highest BCUT2D eigenvalue weighted by molar-refractivity contribution is 7.91. The molecule has 1 N–H and O–H groups in total. The topological polar surface area (TPSA) is 66.5 Å². The standard InChI is InChI=1S/C18H24N2O3S/c1-12-10-20(8-9-24(22,23)11-12)18(21)19-17-15-7-6-13-4-2-3-5-14(13)16(15)17/h2-5,12,15-17H,6-11H2,1H3,(H,19,21).